The monoisotopic (exact) mass is 189 g/mol. The van der Waals surface area contributed by atoms with Gasteiger partial charge in [0.25, 0.3) is 5.56 Å². The van der Waals surface area contributed by atoms with Crippen LogP contribution in [0.25, 0.3) is 11.0 Å². The van der Waals surface area contributed by atoms with Crippen LogP contribution in [0.3, 0.4) is 0 Å². The lowest BCUT2D eigenvalue weighted by Crippen LogP contribution is -2.18. The fraction of sp³-hybridized carbons (Fsp3) is 0.200. The maximum Gasteiger partial charge on any atom is 0.275 e. The van der Waals surface area contributed by atoms with E-state index in [0.717, 1.165) is 0 Å². The van der Waals surface area contributed by atoms with Gasteiger partial charge in [-0.25, -0.2) is 4.98 Å². The highest BCUT2D eigenvalue weighted by Crippen LogP contribution is 2.06. The summed E-state index contributed by atoms with van der Waals surface area (Å²) in [4.78, 5) is 15.9. The number of hydrogen-bond donors (Lipinski definition) is 0. The van der Waals surface area contributed by atoms with Crippen molar-refractivity contribution in [2.45, 2.75) is 6.54 Å². The molecule has 0 amide bonds. The zero-order chi connectivity index (χ0) is 10.1. The van der Waals surface area contributed by atoms with Crippen molar-refractivity contribution >= 4 is 11.0 Å². The minimum atomic E-state index is -0.0186. The van der Waals surface area contributed by atoms with E-state index < -0.39 is 0 Å². The molecule has 0 aromatic carbocycles. The van der Waals surface area contributed by atoms with Gasteiger partial charge in [0.05, 0.1) is 11.9 Å². The zero-order valence-corrected chi connectivity index (χ0v) is 7.97. The van der Waals surface area contributed by atoms with E-state index in [2.05, 4.69) is 11.6 Å². The van der Waals surface area contributed by atoms with Crippen LogP contribution in [-0.2, 0) is 13.6 Å². The molecule has 0 bridgehead atoms. The molecule has 0 spiro atoms. The predicted molar refractivity (Wildman–Crippen MR) is 55.2 cm³/mol. The molecule has 2 aromatic heterocycles. The molecule has 4 nitrogen and oxygen atoms in total. The fourth-order valence-electron chi connectivity index (χ4n) is 1.53. The quantitative estimate of drug-likeness (QED) is 0.659. The molecular formula is C10H11N3O. The second kappa shape index (κ2) is 3.14. The van der Waals surface area contributed by atoms with Crippen LogP contribution in [0, 0.1) is 0 Å². The average molecular weight is 189 g/mol. The minimum Gasteiger partial charge on any atom is -0.267 e. The largest absolute Gasteiger partial charge is 0.275 e. The molecular weight excluding hydrogens is 178 g/mol. The lowest BCUT2D eigenvalue weighted by molar-refractivity contribution is 0.558. The Labute approximate surface area is 81.1 Å². The van der Waals surface area contributed by atoms with E-state index >= 15 is 0 Å². The van der Waals surface area contributed by atoms with Gasteiger partial charge in [0.1, 0.15) is 0 Å². The predicted octanol–water partition coefficient (Wildman–Crippen LogP) is 0.921. The maximum absolute atomic E-state index is 11.7. The molecule has 0 aliphatic heterocycles. The Morgan fingerprint density at radius 1 is 1.64 bits per heavy atom. The third kappa shape index (κ3) is 1.08. The third-order valence-electron chi connectivity index (χ3n) is 2.22. The summed E-state index contributed by atoms with van der Waals surface area (Å²) in [6.45, 7) is 4.24. The number of hydrogen-bond acceptors (Lipinski definition) is 2. The van der Waals surface area contributed by atoms with Crippen LogP contribution >= 0.6 is 0 Å². The molecule has 0 N–H and O–H groups in total. The minimum absolute atomic E-state index is 0.0186. The smallest absolute Gasteiger partial charge is 0.267 e. The zero-order valence-electron chi connectivity index (χ0n) is 7.97. The van der Waals surface area contributed by atoms with Crippen LogP contribution in [-0.4, -0.2) is 14.3 Å². The molecule has 0 fully saturated rings. The van der Waals surface area contributed by atoms with Crippen LogP contribution in [0.1, 0.15) is 0 Å². The molecule has 72 valence electrons. The van der Waals surface area contributed by atoms with Gasteiger partial charge in [0, 0.05) is 13.2 Å². The molecule has 0 radical (unpaired) electrons. The van der Waals surface area contributed by atoms with Crippen molar-refractivity contribution in [1.82, 2.24) is 14.3 Å². The van der Waals surface area contributed by atoms with Crippen molar-refractivity contribution < 1.29 is 0 Å². The highest BCUT2D eigenvalue weighted by molar-refractivity contribution is 5.74. The molecule has 2 aromatic rings. The molecule has 4 heteroatoms. The second-order valence-electron chi connectivity index (χ2n) is 3.07. The number of fused-ring (bicyclic) bond motifs is 1. The first kappa shape index (κ1) is 8.74. The maximum atomic E-state index is 11.7. The van der Waals surface area contributed by atoms with Gasteiger partial charge in [-0.2, -0.15) is 0 Å². The van der Waals surface area contributed by atoms with E-state index in [1.165, 1.54) is 0 Å². The van der Waals surface area contributed by atoms with Crippen molar-refractivity contribution in [3.63, 3.8) is 0 Å². The summed E-state index contributed by atoms with van der Waals surface area (Å²) >= 11 is 0. The molecule has 0 aliphatic carbocycles. The number of rotatable bonds is 2. The van der Waals surface area contributed by atoms with Crippen LogP contribution in [0.2, 0.25) is 0 Å². The van der Waals surface area contributed by atoms with Gasteiger partial charge < -0.3 is 0 Å². The Balaban J connectivity index is 2.87. The lowest BCUT2D eigenvalue weighted by Gasteiger charge is -2.03. The highest BCUT2D eigenvalue weighted by Gasteiger charge is 2.08. The summed E-state index contributed by atoms with van der Waals surface area (Å²) in [5.74, 6) is 0. The van der Waals surface area contributed by atoms with E-state index in [-0.39, 0.29) is 5.56 Å². The summed E-state index contributed by atoms with van der Waals surface area (Å²) in [5.41, 5.74) is 0.690. The van der Waals surface area contributed by atoms with Crippen molar-refractivity contribution in [1.29, 1.82) is 0 Å². The van der Waals surface area contributed by atoms with E-state index in [9.17, 15) is 4.79 Å². The molecule has 2 rings (SSSR count). The van der Waals surface area contributed by atoms with Crippen LogP contribution in [0.5, 0.6) is 0 Å². The summed E-state index contributed by atoms with van der Waals surface area (Å²) in [7, 11) is 1.73. The molecule has 0 saturated carbocycles. The Hall–Kier alpha value is -1.84. The van der Waals surface area contributed by atoms with E-state index in [1.54, 1.807) is 40.8 Å². The van der Waals surface area contributed by atoms with Crippen LogP contribution in [0.4, 0.5) is 0 Å². The summed E-state index contributed by atoms with van der Waals surface area (Å²) in [6, 6.07) is 3.55. The van der Waals surface area contributed by atoms with Gasteiger partial charge in [-0.3, -0.25) is 14.2 Å². The molecule has 0 aliphatic rings. The van der Waals surface area contributed by atoms with Gasteiger partial charge in [-0.05, 0) is 12.1 Å². The summed E-state index contributed by atoms with van der Waals surface area (Å²) < 4.78 is 3.35. The van der Waals surface area contributed by atoms with Crippen LogP contribution in [0.15, 0.2) is 35.8 Å². The first-order valence-electron chi connectivity index (χ1n) is 4.37. The molecule has 0 saturated heterocycles. The van der Waals surface area contributed by atoms with E-state index in [1.807, 2.05) is 0 Å². The van der Waals surface area contributed by atoms with Gasteiger partial charge in [0.15, 0.2) is 5.65 Å². The SMILES string of the molecule is C=CCn1c2ncccc2c(=O)n1C. The number of aromatic nitrogens is 3. The number of nitrogens with zero attached hydrogens (tertiary/aromatic N) is 3. The highest BCUT2D eigenvalue weighted by atomic mass is 16.1. The number of pyridine rings is 1. The van der Waals surface area contributed by atoms with E-state index in [0.29, 0.717) is 17.6 Å². The fourth-order valence-corrected chi connectivity index (χ4v) is 1.53. The summed E-state index contributed by atoms with van der Waals surface area (Å²) in [6.07, 6.45) is 3.43. The Morgan fingerprint density at radius 2 is 2.43 bits per heavy atom. The third-order valence-corrected chi connectivity index (χ3v) is 2.22. The van der Waals surface area contributed by atoms with Crippen molar-refractivity contribution in [2.24, 2.45) is 7.05 Å². The van der Waals surface area contributed by atoms with Gasteiger partial charge in [0.2, 0.25) is 0 Å². The van der Waals surface area contributed by atoms with Gasteiger partial charge in [-0.15, -0.1) is 6.58 Å². The normalized spacial score (nSPS) is 10.6. The Bertz CT molecular complexity index is 536. The van der Waals surface area contributed by atoms with Crippen LogP contribution < -0.4 is 5.56 Å². The average Bonchev–Trinajstić information content (AvgIpc) is 2.45. The Morgan fingerprint density at radius 3 is 3.14 bits per heavy atom. The standard InChI is InChI=1S/C10H11N3O/c1-3-7-13-9-8(5-4-6-11-9)10(14)12(13)2/h3-6H,1,7H2,2H3. The van der Waals surface area contributed by atoms with Crippen molar-refractivity contribution in [3.8, 4) is 0 Å². The molecule has 0 unspecified atom stereocenters. The van der Waals surface area contributed by atoms with Gasteiger partial charge in [-0.1, -0.05) is 6.08 Å². The second-order valence-corrected chi connectivity index (χ2v) is 3.07. The summed E-state index contributed by atoms with van der Waals surface area (Å²) in [5, 5.41) is 0.650. The number of allylic oxidation sites excluding steroid dienone is 1. The Kier molecular flexibility index (Phi) is 1.96. The molecule has 0 atom stereocenters. The van der Waals surface area contributed by atoms with Crippen molar-refractivity contribution in [3.05, 3.63) is 41.3 Å². The van der Waals surface area contributed by atoms with Crippen molar-refractivity contribution in [2.75, 3.05) is 0 Å². The molecule has 2 heterocycles. The molecule has 14 heavy (non-hydrogen) atoms. The van der Waals surface area contributed by atoms with Gasteiger partial charge >= 0.3 is 0 Å². The first-order chi connectivity index (χ1) is 6.75. The lowest BCUT2D eigenvalue weighted by atomic mass is 10.3. The topological polar surface area (TPSA) is 39.8 Å². The van der Waals surface area contributed by atoms with E-state index in [4.69, 9.17) is 0 Å². The first-order valence-corrected chi connectivity index (χ1v) is 4.37.